The van der Waals surface area contributed by atoms with Crippen LogP contribution < -0.4 is 4.74 Å². The first-order valence-electron chi connectivity index (χ1n) is 10.7. The second kappa shape index (κ2) is 9.60. The van der Waals surface area contributed by atoms with Crippen LogP contribution in [0.4, 0.5) is 0 Å². The molecular weight excluding hydrogens is 404 g/mol. The van der Waals surface area contributed by atoms with Gasteiger partial charge in [0.2, 0.25) is 5.91 Å². The molecule has 1 aliphatic rings. The number of aromatic nitrogens is 3. The van der Waals surface area contributed by atoms with Crippen LogP contribution in [0.25, 0.3) is 11.1 Å². The molecule has 0 aliphatic carbocycles. The monoisotopic (exact) mass is 430 g/mol. The van der Waals surface area contributed by atoms with E-state index in [0.717, 1.165) is 29.5 Å². The van der Waals surface area contributed by atoms with Crippen molar-refractivity contribution in [2.45, 2.75) is 25.4 Å². The zero-order valence-corrected chi connectivity index (χ0v) is 18.1. The molecule has 3 heterocycles. The number of benzene rings is 1. The maximum Gasteiger partial charge on any atom is 0.246 e. The minimum absolute atomic E-state index is 0.0411. The maximum absolute atomic E-state index is 13.1. The number of ketones is 1. The molecule has 7 nitrogen and oxygen atoms in total. The Morgan fingerprint density at radius 2 is 2.12 bits per heavy atom. The molecule has 1 amide bonds. The molecule has 7 heteroatoms. The Labute approximate surface area is 187 Å². The van der Waals surface area contributed by atoms with Gasteiger partial charge in [-0.2, -0.15) is 5.10 Å². The Hall–Kier alpha value is -3.74. The molecule has 1 fully saturated rings. The van der Waals surface area contributed by atoms with Gasteiger partial charge in [-0.05, 0) is 48.2 Å². The van der Waals surface area contributed by atoms with E-state index in [2.05, 4.69) is 16.7 Å². The van der Waals surface area contributed by atoms with E-state index < -0.39 is 0 Å². The van der Waals surface area contributed by atoms with Crippen molar-refractivity contribution in [3.8, 4) is 16.9 Å². The van der Waals surface area contributed by atoms with Crippen LogP contribution in [0, 0.1) is 0 Å². The number of hydrogen-bond acceptors (Lipinski definition) is 5. The van der Waals surface area contributed by atoms with E-state index in [0.29, 0.717) is 24.4 Å². The van der Waals surface area contributed by atoms with Gasteiger partial charge in [0.05, 0.1) is 18.3 Å². The van der Waals surface area contributed by atoms with Crippen molar-refractivity contribution in [1.82, 2.24) is 19.7 Å². The summed E-state index contributed by atoms with van der Waals surface area (Å²) in [5, 5.41) is 4.24. The summed E-state index contributed by atoms with van der Waals surface area (Å²) in [6.07, 6.45) is 10.1. The van der Waals surface area contributed by atoms with Gasteiger partial charge in [-0.3, -0.25) is 19.3 Å². The number of amides is 1. The molecular formula is C25H26N4O3. The quantitative estimate of drug-likeness (QED) is 0.424. The number of piperidine rings is 1. The minimum atomic E-state index is -0.193. The Kier molecular flexibility index (Phi) is 6.44. The topological polar surface area (TPSA) is 77.3 Å². The standard InChI is InChI=1S/C25H26N4O3/c1-3-25(31)29-11-5-7-21(17-29)32-24-13-19(20-15-27-28(2)16-20)8-9-22(24)23(30)12-18-6-4-10-26-14-18/h3-4,6,8-10,13-16,21H,1,5,7,11-12,17H2,2H3/t21-/m1/s1. The Balaban J connectivity index is 1.62. The van der Waals surface area contributed by atoms with Crippen LogP contribution in [0.1, 0.15) is 28.8 Å². The fourth-order valence-electron chi connectivity index (χ4n) is 3.93. The van der Waals surface area contributed by atoms with E-state index in [1.54, 1.807) is 28.2 Å². The van der Waals surface area contributed by atoms with Crippen LogP contribution in [0.5, 0.6) is 5.75 Å². The highest BCUT2D eigenvalue weighted by atomic mass is 16.5. The predicted molar refractivity (Wildman–Crippen MR) is 121 cm³/mol. The summed E-state index contributed by atoms with van der Waals surface area (Å²) in [6, 6.07) is 9.32. The molecule has 32 heavy (non-hydrogen) atoms. The molecule has 0 radical (unpaired) electrons. The van der Waals surface area contributed by atoms with Crippen LogP contribution in [0.2, 0.25) is 0 Å². The van der Waals surface area contributed by atoms with Crippen molar-refractivity contribution in [1.29, 1.82) is 0 Å². The summed E-state index contributed by atoms with van der Waals surface area (Å²) >= 11 is 0. The van der Waals surface area contributed by atoms with Crippen molar-refractivity contribution in [3.05, 3.63) is 78.9 Å². The number of Topliss-reactive ketones (excluding diaryl/α,β-unsaturated/α-hetero) is 1. The van der Waals surface area contributed by atoms with E-state index in [4.69, 9.17) is 4.74 Å². The van der Waals surface area contributed by atoms with Crippen molar-refractivity contribution in [2.75, 3.05) is 13.1 Å². The minimum Gasteiger partial charge on any atom is -0.488 e. The molecule has 0 spiro atoms. The number of rotatable bonds is 7. The lowest BCUT2D eigenvalue weighted by atomic mass is 9.99. The van der Waals surface area contributed by atoms with Crippen LogP contribution in [-0.4, -0.2) is 50.5 Å². The van der Waals surface area contributed by atoms with Gasteiger partial charge in [-0.25, -0.2) is 0 Å². The number of nitrogens with zero attached hydrogens (tertiary/aromatic N) is 4. The van der Waals surface area contributed by atoms with Gasteiger partial charge in [0.15, 0.2) is 5.78 Å². The number of hydrogen-bond donors (Lipinski definition) is 0. The second-order valence-corrected chi connectivity index (χ2v) is 7.95. The molecule has 1 atom stereocenters. The summed E-state index contributed by atoms with van der Waals surface area (Å²) in [5.41, 5.74) is 3.23. The van der Waals surface area contributed by atoms with Crippen LogP contribution in [0.3, 0.4) is 0 Å². The number of aryl methyl sites for hydroxylation is 1. The average molecular weight is 431 g/mol. The Morgan fingerprint density at radius 1 is 1.25 bits per heavy atom. The summed E-state index contributed by atoms with van der Waals surface area (Å²) in [5.74, 6) is 0.383. The fraction of sp³-hybridized carbons (Fsp3) is 0.280. The molecule has 1 saturated heterocycles. The maximum atomic E-state index is 13.1. The fourth-order valence-corrected chi connectivity index (χ4v) is 3.93. The zero-order valence-electron chi connectivity index (χ0n) is 18.1. The predicted octanol–water partition coefficient (Wildman–Crippen LogP) is 3.46. The summed E-state index contributed by atoms with van der Waals surface area (Å²) in [6.45, 7) is 4.74. The number of likely N-dealkylation sites (tertiary alicyclic amines) is 1. The lowest BCUT2D eigenvalue weighted by molar-refractivity contribution is -0.128. The molecule has 1 aliphatic heterocycles. The lowest BCUT2D eigenvalue weighted by Crippen LogP contribution is -2.43. The van der Waals surface area contributed by atoms with E-state index >= 15 is 0 Å². The average Bonchev–Trinajstić information content (AvgIpc) is 3.25. The molecule has 0 N–H and O–H groups in total. The largest absolute Gasteiger partial charge is 0.488 e. The Morgan fingerprint density at radius 3 is 2.84 bits per heavy atom. The first kappa shape index (κ1) is 21.5. The van der Waals surface area contributed by atoms with Gasteiger partial charge in [-0.15, -0.1) is 0 Å². The van der Waals surface area contributed by atoms with Gasteiger partial charge >= 0.3 is 0 Å². The van der Waals surface area contributed by atoms with Crippen LogP contribution in [-0.2, 0) is 18.3 Å². The number of carbonyl (C=O) groups is 2. The van der Waals surface area contributed by atoms with Crippen LogP contribution >= 0.6 is 0 Å². The van der Waals surface area contributed by atoms with Gasteiger partial charge in [0.1, 0.15) is 11.9 Å². The zero-order chi connectivity index (χ0) is 22.5. The molecule has 3 aromatic rings. The Bertz CT molecular complexity index is 1120. The highest BCUT2D eigenvalue weighted by molar-refractivity contribution is 6.00. The van der Waals surface area contributed by atoms with Gasteiger partial charge < -0.3 is 9.64 Å². The van der Waals surface area contributed by atoms with E-state index in [1.807, 2.05) is 43.6 Å². The van der Waals surface area contributed by atoms with E-state index in [-0.39, 0.29) is 24.2 Å². The van der Waals surface area contributed by atoms with Gasteiger partial charge in [0.25, 0.3) is 0 Å². The normalized spacial score (nSPS) is 15.9. The summed E-state index contributed by atoms with van der Waals surface area (Å²) in [7, 11) is 1.86. The van der Waals surface area contributed by atoms with E-state index in [9.17, 15) is 9.59 Å². The van der Waals surface area contributed by atoms with Crippen molar-refractivity contribution >= 4 is 11.7 Å². The summed E-state index contributed by atoms with van der Waals surface area (Å²) in [4.78, 5) is 31.1. The van der Waals surface area contributed by atoms with E-state index in [1.165, 1.54) is 6.08 Å². The molecule has 0 unspecified atom stereocenters. The molecule has 0 bridgehead atoms. The third-order valence-electron chi connectivity index (χ3n) is 5.57. The van der Waals surface area contributed by atoms with Crippen LogP contribution in [0.15, 0.2) is 67.8 Å². The first-order valence-corrected chi connectivity index (χ1v) is 10.7. The molecule has 1 aromatic carbocycles. The van der Waals surface area contributed by atoms with Crippen molar-refractivity contribution in [3.63, 3.8) is 0 Å². The summed E-state index contributed by atoms with van der Waals surface area (Å²) < 4.78 is 8.08. The van der Waals surface area contributed by atoms with Gasteiger partial charge in [0, 0.05) is 44.2 Å². The van der Waals surface area contributed by atoms with Gasteiger partial charge in [-0.1, -0.05) is 18.7 Å². The number of ether oxygens (including phenoxy) is 1. The highest BCUT2D eigenvalue weighted by Gasteiger charge is 2.25. The third-order valence-corrected chi connectivity index (χ3v) is 5.57. The SMILES string of the molecule is C=CC(=O)N1CCC[C@@H](Oc2cc(-c3cnn(C)c3)ccc2C(=O)Cc2cccnc2)C1. The molecule has 4 rings (SSSR count). The molecule has 0 saturated carbocycles. The molecule has 2 aromatic heterocycles. The molecule has 164 valence electrons. The third kappa shape index (κ3) is 4.94. The number of carbonyl (C=O) groups excluding carboxylic acids is 2. The first-order chi connectivity index (χ1) is 15.5. The lowest BCUT2D eigenvalue weighted by Gasteiger charge is -2.32. The number of pyridine rings is 1. The van der Waals surface area contributed by atoms with Crippen molar-refractivity contribution in [2.24, 2.45) is 7.05 Å². The smallest absolute Gasteiger partial charge is 0.246 e. The second-order valence-electron chi connectivity index (χ2n) is 7.95. The van der Waals surface area contributed by atoms with Crippen molar-refractivity contribution < 1.29 is 14.3 Å². The highest BCUT2D eigenvalue weighted by Crippen LogP contribution is 2.30.